The van der Waals surface area contributed by atoms with E-state index in [-0.39, 0.29) is 6.29 Å². The predicted molar refractivity (Wildman–Crippen MR) is 83.0 cm³/mol. The molecule has 0 aliphatic carbocycles. The molecule has 0 bridgehead atoms. The lowest BCUT2D eigenvalue weighted by Gasteiger charge is -2.10. The third-order valence-corrected chi connectivity index (χ3v) is 5.10. The lowest BCUT2D eigenvalue weighted by atomic mass is 10.2. The van der Waals surface area contributed by atoms with Crippen molar-refractivity contribution in [2.45, 2.75) is 23.1 Å². The summed E-state index contributed by atoms with van der Waals surface area (Å²) < 4.78 is 13.4. The molecule has 0 unspecified atom stereocenters. The van der Waals surface area contributed by atoms with Crippen molar-refractivity contribution in [3.63, 3.8) is 0 Å². The number of hydrogen-bond acceptors (Lipinski definition) is 5. The minimum Gasteiger partial charge on any atom is -0.345 e. The van der Waals surface area contributed by atoms with Gasteiger partial charge in [-0.2, -0.15) is 0 Å². The molecule has 1 aromatic carbocycles. The summed E-state index contributed by atoms with van der Waals surface area (Å²) in [5, 5.41) is 2.98. The van der Waals surface area contributed by atoms with Crippen molar-refractivity contribution in [1.29, 1.82) is 0 Å². The van der Waals surface area contributed by atoms with E-state index < -0.39 is 0 Å². The largest absolute Gasteiger partial charge is 0.345 e. The molecule has 1 fully saturated rings. The fourth-order valence-electron chi connectivity index (χ4n) is 2.31. The molecule has 108 valence electrons. The van der Waals surface area contributed by atoms with E-state index in [0.717, 1.165) is 15.7 Å². The molecule has 3 heterocycles. The van der Waals surface area contributed by atoms with Crippen molar-refractivity contribution >= 4 is 28.1 Å². The molecule has 4 nitrogen and oxygen atoms in total. The zero-order valence-electron chi connectivity index (χ0n) is 11.5. The Labute approximate surface area is 130 Å². The van der Waals surface area contributed by atoms with Gasteiger partial charge in [0.05, 0.1) is 13.2 Å². The Bertz CT molecular complexity index is 758. The van der Waals surface area contributed by atoms with Crippen LogP contribution in [0.1, 0.15) is 17.5 Å². The first-order valence-electron chi connectivity index (χ1n) is 6.74. The van der Waals surface area contributed by atoms with E-state index in [1.165, 1.54) is 10.5 Å². The summed E-state index contributed by atoms with van der Waals surface area (Å²) in [6.07, 6.45) is 1.70. The van der Waals surface area contributed by atoms with Crippen molar-refractivity contribution in [3.05, 3.63) is 47.1 Å². The molecule has 0 spiro atoms. The van der Waals surface area contributed by atoms with Crippen LogP contribution in [-0.2, 0) is 9.47 Å². The van der Waals surface area contributed by atoms with E-state index in [9.17, 15) is 0 Å². The number of imidazole rings is 1. The van der Waals surface area contributed by atoms with Gasteiger partial charge in [0.2, 0.25) is 6.29 Å². The molecule has 1 saturated heterocycles. The molecule has 0 radical (unpaired) electrons. The summed E-state index contributed by atoms with van der Waals surface area (Å²) in [5.41, 5.74) is 2.25. The second-order valence-electron chi connectivity index (χ2n) is 4.85. The van der Waals surface area contributed by atoms with Crippen molar-refractivity contribution in [2.24, 2.45) is 0 Å². The highest BCUT2D eigenvalue weighted by Crippen LogP contribution is 2.37. The van der Waals surface area contributed by atoms with E-state index in [4.69, 9.17) is 14.5 Å². The molecule has 21 heavy (non-hydrogen) atoms. The van der Waals surface area contributed by atoms with Gasteiger partial charge in [0.15, 0.2) is 4.96 Å². The number of thiazole rings is 1. The van der Waals surface area contributed by atoms with Crippen LogP contribution >= 0.6 is 23.1 Å². The smallest absolute Gasteiger partial charge is 0.202 e. The number of rotatable bonds is 3. The molecule has 0 saturated carbocycles. The number of aryl methyl sites for hydroxylation is 1. The normalized spacial score (nSPS) is 16.0. The third kappa shape index (κ3) is 2.48. The number of ether oxygens (including phenoxy) is 2. The molecule has 1 aliphatic heterocycles. The van der Waals surface area contributed by atoms with Crippen LogP contribution in [0, 0.1) is 6.92 Å². The maximum absolute atomic E-state index is 5.68. The number of nitrogens with zero attached hydrogens (tertiary/aromatic N) is 2. The summed E-state index contributed by atoms with van der Waals surface area (Å²) in [6, 6.07) is 8.47. The molecule has 2 aromatic heterocycles. The predicted octanol–water partition coefficient (Wildman–Crippen LogP) is 3.90. The average molecular weight is 318 g/mol. The first-order chi connectivity index (χ1) is 10.3. The lowest BCUT2D eigenvalue weighted by Crippen LogP contribution is -2.03. The van der Waals surface area contributed by atoms with Crippen LogP contribution < -0.4 is 0 Å². The van der Waals surface area contributed by atoms with Crippen molar-refractivity contribution in [3.8, 4) is 0 Å². The second kappa shape index (κ2) is 5.46. The van der Waals surface area contributed by atoms with Gasteiger partial charge in [-0.25, -0.2) is 4.98 Å². The fourth-order valence-corrected chi connectivity index (χ4v) is 4.01. The van der Waals surface area contributed by atoms with E-state index in [2.05, 4.69) is 35.6 Å². The molecule has 6 heteroatoms. The highest BCUT2D eigenvalue weighted by Gasteiger charge is 2.27. The maximum Gasteiger partial charge on any atom is 0.202 e. The van der Waals surface area contributed by atoms with Crippen LogP contribution in [0.2, 0.25) is 0 Å². The van der Waals surface area contributed by atoms with Gasteiger partial charge in [-0.3, -0.25) is 4.40 Å². The third-order valence-electron chi connectivity index (χ3n) is 3.35. The summed E-state index contributed by atoms with van der Waals surface area (Å²) in [4.78, 5) is 6.86. The van der Waals surface area contributed by atoms with Gasteiger partial charge in [-0.05, 0) is 19.1 Å². The van der Waals surface area contributed by atoms with Gasteiger partial charge in [0.1, 0.15) is 10.7 Å². The Morgan fingerprint density at radius 3 is 2.76 bits per heavy atom. The van der Waals surface area contributed by atoms with Crippen LogP contribution in [0.15, 0.2) is 45.8 Å². The highest BCUT2D eigenvalue weighted by molar-refractivity contribution is 7.99. The first kappa shape index (κ1) is 13.3. The number of hydrogen-bond donors (Lipinski definition) is 0. The van der Waals surface area contributed by atoms with E-state index in [1.54, 1.807) is 23.1 Å². The Kier molecular flexibility index (Phi) is 3.46. The molecule has 3 aromatic rings. The van der Waals surface area contributed by atoms with E-state index >= 15 is 0 Å². The molecule has 0 atom stereocenters. The Morgan fingerprint density at radius 2 is 2.00 bits per heavy atom. The zero-order valence-corrected chi connectivity index (χ0v) is 13.1. The van der Waals surface area contributed by atoms with Crippen molar-refractivity contribution < 1.29 is 9.47 Å². The Balaban J connectivity index is 1.74. The number of benzene rings is 1. The van der Waals surface area contributed by atoms with Crippen LogP contribution in [0.5, 0.6) is 0 Å². The highest BCUT2D eigenvalue weighted by atomic mass is 32.2. The van der Waals surface area contributed by atoms with Crippen LogP contribution in [-0.4, -0.2) is 22.6 Å². The summed E-state index contributed by atoms with van der Waals surface area (Å²) in [5.74, 6) is 0. The van der Waals surface area contributed by atoms with Crippen LogP contribution in [0.25, 0.3) is 4.96 Å². The van der Waals surface area contributed by atoms with E-state index in [1.807, 2.05) is 11.6 Å². The SMILES string of the molecule is Cc1ccc(Sc2nc3sccn3c2C2OCCO2)cc1. The summed E-state index contributed by atoms with van der Waals surface area (Å²) in [7, 11) is 0. The minimum absolute atomic E-state index is 0.317. The van der Waals surface area contributed by atoms with Crippen LogP contribution in [0.4, 0.5) is 0 Å². The first-order valence-corrected chi connectivity index (χ1v) is 8.44. The molecular weight excluding hydrogens is 304 g/mol. The average Bonchev–Trinajstić information content (AvgIpc) is 3.17. The molecule has 1 aliphatic rings. The summed E-state index contributed by atoms with van der Waals surface area (Å²) in [6.45, 7) is 3.36. The van der Waals surface area contributed by atoms with Crippen molar-refractivity contribution in [2.75, 3.05) is 13.2 Å². The second-order valence-corrected chi connectivity index (χ2v) is 6.78. The van der Waals surface area contributed by atoms with Gasteiger partial charge in [-0.15, -0.1) is 11.3 Å². The minimum atomic E-state index is -0.317. The van der Waals surface area contributed by atoms with E-state index in [0.29, 0.717) is 13.2 Å². The van der Waals surface area contributed by atoms with Gasteiger partial charge in [0.25, 0.3) is 0 Å². The lowest BCUT2D eigenvalue weighted by molar-refractivity contribution is -0.0499. The van der Waals surface area contributed by atoms with Gasteiger partial charge in [-0.1, -0.05) is 29.5 Å². The molecule has 0 amide bonds. The van der Waals surface area contributed by atoms with Gasteiger partial charge >= 0.3 is 0 Å². The van der Waals surface area contributed by atoms with Crippen LogP contribution in [0.3, 0.4) is 0 Å². The Morgan fingerprint density at radius 1 is 1.24 bits per heavy atom. The molecule has 4 rings (SSSR count). The Hall–Kier alpha value is -1.34. The standard InChI is InChI=1S/C15H14N2O2S2/c1-10-2-4-11(5-3-10)21-13-12(14-18-7-8-19-14)17-6-9-20-15(17)16-13/h2-6,9,14H,7-8H2,1H3. The number of fused-ring (bicyclic) bond motifs is 1. The van der Waals surface area contributed by atoms with Gasteiger partial charge < -0.3 is 9.47 Å². The quantitative estimate of drug-likeness (QED) is 0.734. The molecule has 0 N–H and O–H groups in total. The topological polar surface area (TPSA) is 35.8 Å². The summed E-state index contributed by atoms with van der Waals surface area (Å²) >= 11 is 3.28. The fraction of sp³-hybridized carbons (Fsp3) is 0.267. The molecular formula is C15H14N2O2S2. The van der Waals surface area contributed by atoms with Gasteiger partial charge in [0, 0.05) is 16.5 Å². The van der Waals surface area contributed by atoms with Crippen molar-refractivity contribution in [1.82, 2.24) is 9.38 Å². The monoisotopic (exact) mass is 318 g/mol. The number of aromatic nitrogens is 2. The maximum atomic E-state index is 5.68. The zero-order chi connectivity index (χ0) is 14.2.